The van der Waals surface area contributed by atoms with Crippen molar-refractivity contribution < 1.29 is 0 Å². The van der Waals surface area contributed by atoms with Crippen LogP contribution in [-0.4, -0.2) is 101 Å². The Hall–Kier alpha value is -6.00. The van der Waals surface area contributed by atoms with Gasteiger partial charge < -0.3 is 4.57 Å². The fourth-order valence-electron chi connectivity index (χ4n) is 8.07. The highest BCUT2D eigenvalue weighted by atomic mass is 15.0. The zero-order chi connectivity index (χ0) is 41.4. The summed E-state index contributed by atoms with van der Waals surface area (Å²) >= 11 is 0. The van der Waals surface area contributed by atoms with Crippen molar-refractivity contribution >= 4 is 205 Å². The van der Waals surface area contributed by atoms with Crippen LogP contribution < -0.4 is 54.6 Å². The van der Waals surface area contributed by atoms with Crippen molar-refractivity contribution in [1.82, 2.24) is 4.57 Å². The summed E-state index contributed by atoms with van der Waals surface area (Å²) in [6.07, 6.45) is 1.65. The van der Waals surface area contributed by atoms with E-state index in [0.717, 1.165) is 59.8 Å². The molecule has 0 unspecified atom stereocenters. The van der Waals surface area contributed by atoms with E-state index in [-0.39, 0.29) is 71.6 Å². The van der Waals surface area contributed by atoms with Crippen molar-refractivity contribution in [3.05, 3.63) is 126 Å². The van der Waals surface area contributed by atoms with Crippen LogP contribution in [0.2, 0.25) is 0 Å². The van der Waals surface area contributed by atoms with E-state index in [2.05, 4.69) is 76.3 Å². The monoisotopic (exact) mass is 726 g/mol. The van der Waals surface area contributed by atoms with Crippen LogP contribution in [0, 0.1) is 5.41 Å². The first kappa shape index (κ1) is 38.5. The molecule has 1 aromatic heterocycles. The van der Waals surface area contributed by atoms with Crippen LogP contribution in [0.15, 0.2) is 119 Å². The van der Waals surface area contributed by atoms with E-state index in [0.29, 0.717) is 5.56 Å². The lowest BCUT2D eigenvalue weighted by Crippen LogP contribution is -2.57. The maximum atomic E-state index is 9.19. The van der Waals surface area contributed by atoms with Crippen LogP contribution in [0.1, 0.15) is 16.7 Å². The van der Waals surface area contributed by atoms with Crippen LogP contribution >= 0.6 is 0 Å². The molecular formula is C45H20B10N4. The molecule has 1 heterocycles. The van der Waals surface area contributed by atoms with E-state index in [1.54, 1.807) is 6.21 Å². The number of hydrogen-bond donors (Lipinski definition) is 1. The molecule has 20 radical (unpaired) electrons. The van der Waals surface area contributed by atoms with Gasteiger partial charge in [0, 0.05) is 33.7 Å². The quantitative estimate of drug-likeness (QED) is 0.106. The van der Waals surface area contributed by atoms with Gasteiger partial charge in [0.2, 0.25) is 0 Å². The van der Waals surface area contributed by atoms with Gasteiger partial charge in [0.05, 0.1) is 16.7 Å². The van der Waals surface area contributed by atoms with E-state index in [1.165, 1.54) is 0 Å². The molecule has 1 N–H and O–H groups in total. The molecule has 9 rings (SSSR count). The molecule has 0 aliphatic heterocycles. The second kappa shape index (κ2) is 14.7. The number of para-hydroxylation sites is 2. The van der Waals surface area contributed by atoms with Gasteiger partial charge in [0.25, 0.3) is 0 Å². The summed E-state index contributed by atoms with van der Waals surface area (Å²) in [5, 5.41) is 17.8. The average Bonchev–Trinajstić information content (AvgIpc) is 3.59. The number of nitrogens with zero attached hydrogens (tertiary/aromatic N) is 3. The molecule has 59 heavy (non-hydrogen) atoms. The van der Waals surface area contributed by atoms with Gasteiger partial charge in [-0.25, -0.2) is 9.98 Å². The number of nitrogens with one attached hydrogen (secondary N) is 1. The van der Waals surface area contributed by atoms with E-state index < -0.39 is 5.84 Å². The number of aliphatic imine (C=N–C) groups is 2. The average molecular weight is 725 g/mol. The van der Waals surface area contributed by atoms with Crippen molar-refractivity contribution in [1.29, 1.82) is 5.41 Å². The van der Waals surface area contributed by atoms with Gasteiger partial charge in [-0.3, -0.25) is 5.41 Å². The Kier molecular flexibility index (Phi) is 9.58. The molecule has 0 fully saturated rings. The van der Waals surface area contributed by atoms with Crippen LogP contribution in [0.25, 0.3) is 59.8 Å². The Labute approximate surface area is 355 Å². The summed E-state index contributed by atoms with van der Waals surface area (Å²) in [5.41, 5.74) is 3.00. The summed E-state index contributed by atoms with van der Waals surface area (Å²) in [6, 6.07) is 37.4. The lowest BCUT2D eigenvalue weighted by atomic mass is 9.60. The smallest absolute Gasteiger partial charge is 0.160 e. The molecule has 250 valence electrons. The maximum absolute atomic E-state index is 9.19. The van der Waals surface area contributed by atoms with Gasteiger partial charge in [-0.2, -0.15) is 0 Å². The van der Waals surface area contributed by atoms with Crippen molar-refractivity contribution in [2.75, 3.05) is 0 Å². The normalized spacial score (nSPS) is 12.2. The number of benzene rings is 8. The molecule has 14 heteroatoms. The van der Waals surface area contributed by atoms with Crippen molar-refractivity contribution in [2.45, 2.75) is 0 Å². The molecule has 0 atom stereocenters. The number of hydrogen-bond acceptors (Lipinski definition) is 1. The van der Waals surface area contributed by atoms with Gasteiger partial charge in [0.15, 0.2) is 11.7 Å². The van der Waals surface area contributed by atoms with Crippen LogP contribution in [0.4, 0.5) is 0 Å². The predicted octanol–water partition coefficient (Wildman–Crippen LogP) is -0.927. The van der Waals surface area contributed by atoms with Crippen molar-refractivity contribution in [3.8, 4) is 5.69 Å². The third-order valence-corrected chi connectivity index (χ3v) is 11.1. The van der Waals surface area contributed by atoms with Crippen LogP contribution in [0.5, 0.6) is 0 Å². The van der Waals surface area contributed by atoms with Gasteiger partial charge >= 0.3 is 0 Å². The zero-order valence-electron chi connectivity index (χ0n) is 31.6. The van der Waals surface area contributed by atoms with Gasteiger partial charge in [0.1, 0.15) is 78.5 Å². The van der Waals surface area contributed by atoms with E-state index in [4.69, 9.17) is 83.5 Å². The summed E-state index contributed by atoms with van der Waals surface area (Å²) in [4.78, 5) is 9.57. The minimum absolute atomic E-state index is 0.00277. The largest absolute Gasteiger partial charge is 0.309 e. The van der Waals surface area contributed by atoms with Gasteiger partial charge in [-0.15, -0.1) is 32.8 Å². The summed E-state index contributed by atoms with van der Waals surface area (Å²) < 4.78 is 2.22. The fourth-order valence-corrected chi connectivity index (χ4v) is 8.07. The first-order chi connectivity index (χ1) is 28.4. The second-order valence-corrected chi connectivity index (χ2v) is 14.3. The van der Waals surface area contributed by atoms with E-state index in [1.807, 2.05) is 42.5 Å². The Morgan fingerprint density at radius 2 is 0.780 bits per heavy atom. The van der Waals surface area contributed by atoms with Crippen molar-refractivity contribution in [3.63, 3.8) is 0 Å². The predicted molar refractivity (Wildman–Crippen MR) is 261 cm³/mol. The Morgan fingerprint density at radius 3 is 1.24 bits per heavy atom. The Balaban J connectivity index is 1.38. The summed E-state index contributed by atoms with van der Waals surface area (Å²) in [5.74, 6) is -0.607. The molecule has 9 aromatic rings. The molecule has 0 spiro atoms. The lowest BCUT2D eigenvalue weighted by Gasteiger charge is -2.22. The topological polar surface area (TPSA) is 53.5 Å². The molecule has 0 saturated heterocycles. The highest BCUT2D eigenvalue weighted by Crippen LogP contribution is 2.39. The number of fused-ring (bicyclic) bond motifs is 9. The Bertz CT molecular complexity index is 3260. The molecule has 4 nitrogen and oxygen atoms in total. The zero-order valence-corrected chi connectivity index (χ0v) is 31.6. The summed E-state index contributed by atoms with van der Waals surface area (Å²) in [7, 11) is 63.3. The number of aromatic nitrogens is 1. The summed E-state index contributed by atoms with van der Waals surface area (Å²) in [6.45, 7) is 0. The molecule has 0 amide bonds. The molecule has 0 aliphatic rings. The first-order valence-corrected chi connectivity index (χ1v) is 18.5. The van der Waals surface area contributed by atoms with Crippen LogP contribution in [0.3, 0.4) is 0 Å². The molecule has 0 saturated carbocycles. The van der Waals surface area contributed by atoms with Crippen LogP contribution in [-0.2, 0) is 0 Å². The Morgan fingerprint density at radius 1 is 0.424 bits per heavy atom. The minimum atomic E-state index is -0.461. The van der Waals surface area contributed by atoms with E-state index in [9.17, 15) is 5.41 Å². The number of rotatable bonds is 4. The molecule has 8 aromatic carbocycles. The maximum Gasteiger partial charge on any atom is 0.160 e. The highest BCUT2D eigenvalue weighted by Gasteiger charge is 2.21. The van der Waals surface area contributed by atoms with Crippen molar-refractivity contribution in [2.24, 2.45) is 9.98 Å². The molecule has 0 bridgehead atoms. The molecular weight excluding hydrogens is 705 g/mol. The number of amidine groups is 2. The standard InChI is InChI=1S/C45H20B10N4/c46-34-32(35(47)39(51)42(54)38(34)50)44(56)58-45(33-36(48)40(52)43(55)41(53)37(33)49)57-19-20-17-27-23-11-3-1-9-21(23)22-10-2-4-12-24(22)28(27)18-31(20)59-29-15-7-5-13-25(29)26-14-6-8-16-30(26)59/h1-19,56H. The van der Waals surface area contributed by atoms with E-state index >= 15 is 0 Å². The highest BCUT2D eigenvalue weighted by molar-refractivity contribution is 6.70. The third kappa shape index (κ3) is 6.02. The fraction of sp³-hybridized carbons (Fsp3) is 0. The second-order valence-electron chi connectivity index (χ2n) is 14.3. The minimum Gasteiger partial charge on any atom is -0.309 e. The first-order valence-electron chi connectivity index (χ1n) is 18.5. The third-order valence-electron chi connectivity index (χ3n) is 11.1. The van der Waals surface area contributed by atoms with Gasteiger partial charge in [-0.05, 0) is 56.6 Å². The SMILES string of the molecule is [B]c1c([B])c([B])c(C(=N)N=C(N=Cc2cc3c4ccccc4c4ccccc4c3cc2-n2c3ccccc3c3ccccc32)c2c([B])c([B])c([B])c([B])c2[B])c([B])c1[B]. The lowest BCUT2D eigenvalue weighted by molar-refractivity contribution is 1.18. The molecule has 0 aliphatic carbocycles. The van der Waals surface area contributed by atoms with Gasteiger partial charge in [-0.1, -0.05) is 107 Å².